The number of azo groups is 1. The first-order chi connectivity index (χ1) is 12.1. The van der Waals surface area contributed by atoms with E-state index in [4.69, 9.17) is 0 Å². The summed E-state index contributed by atoms with van der Waals surface area (Å²) >= 11 is 5.06. The number of para-hydroxylation sites is 1. The van der Waals surface area contributed by atoms with Gasteiger partial charge >= 0.3 is 5.13 Å². The van der Waals surface area contributed by atoms with Crippen LogP contribution in [0.15, 0.2) is 74.8 Å². The van der Waals surface area contributed by atoms with Crippen LogP contribution < -0.4 is 4.57 Å². The molecule has 0 N–H and O–H groups in total. The minimum absolute atomic E-state index is 0.846. The van der Waals surface area contributed by atoms with Gasteiger partial charge in [-0.25, -0.2) is 4.57 Å². The van der Waals surface area contributed by atoms with Crippen molar-refractivity contribution in [1.29, 1.82) is 0 Å². The molecule has 0 aliphatic heterocycles. The smallest absolute Gasteiger partial charge is 0.342 e. The van der Waals surface area contributed by atoms with Gasteiger partial charge < -0.3 is 4.57 Å². The van der Waals surface area contributed by atoms with Gasteiger partial charge in [-0.1, -0.05) is 48.5 Å². The summed E-state index contributed by atoms with van der Waals surface area (Å²) in [4.78, 5) is 0. The lowest BCUT2D eigenvalue weighted by Gasteiger charge is -2.04. The Bertz CT molecular complexity index is 1080. The van der Waals surface area contributed by atoms with Crippen molar-refractivity contribution in [3.8, 4) is 11.3 Å². The molecule has 2 heterocycles. The topological polar surface area (TPSA) is 33.5 Å². The fourth-order valence-corrected chi connectivity index (χ4v) is 4.38. The minimum Gasteiger partial charge on any atom is -0.342 e. The van der Waals surface area contributed by atoms with Crippen LogP contribution in [-0.2, 0) is 14.1 Å². The van der Waals surface area contributed by atoms with E-state index in [9.17, 15) is 0 Å². The Morgan fingerprint density at radius 1 is 1.00 bits per heavy atom. The number of aromatic nitrogens is 2. The van der Waals surface area contributed by atoms with Crippen molar-refractivity contribution in [3.05, 3.63) is 64.6 Å². The standard InChI is InChI=1S/C19H16BrN4S/c1-23-12-16(20)25-19(23)22-21-17-14-10-6-7-11-15(14)24(2)18(17)13-8-4-3-5-9-13/h3-12H,1-2H3/q+1. The number of fused-ring (bicyclic) bond motifs is 1. The van der Waals surface area contributed by atoms with Gasteiger partial charge in [-0.05, 0) is 38.4 Å². The maximum absolute atomic E-state index is 4.65. The van der Waals surface area contributed by atoms with Crippen LogP contribution >= 0.6 is 27.3 Å². The monoisotopic (exact) mass is 411 g/mol. The Balaban J connectivity index is 1.94. The van der Waals surface area contributed by atoms with Crippen molar-refractivity contribution in [1.82, 2.24) is 4.57 Å². The molecule has 0 amide bonds. The zero-order valence-corrected chi connectivity index (χ0v) is 16.3. The van der Waals surface area contributed by atoms with Crippen LogP contribution in [0.4, 0.5) is 10.8 Å². The number of hydrogen-bond donors (Lipinski definition) is 0. The molecule has 124 valence electrons. The third-order valence-corrected chi connectivity index (χ3v) is 5.69. The molecule has 0 unspecified atom stereocenters. The van der Waals surface area contributed by atoms with E-state index in [-0.39, 0.29) is 0 Å². The van der Waals surface area contributed by atoms with E-state index in [1.165, 1.54) is 0 Å². The van der Waals surface area contributed by atoms with Gasteiger partial charge in [0.15, 0.2) is 0 Å². The Kier molecular flexibility index (Phi) is 4.23. The Hall–Kier alpha value is -2.31. The molecule has 0 aliphatic rings. The summed E-state index contributed by atoms with van der Waals surface area (Å²) in [5, 5.41) is 11.1. The predicted octanol–water partition coefficient (Wildman–Crippen LogP) is 5.91. The molecule has 0 radical (unpaired) electrons. The number of nitrogens with zero attached hydrogens (tertiary/aromatic N) is 4. The van der Waals surface area contributed by atoms with Gasteiger partial charge in [0.05, 0.1) is 23.4 Å². The molecule has 4 nitrogen and oxygen atoms in total. The molecule has 0 spiro atoms. The van der Waals surface area contributed by atoms with Crippen LogP contribution in [-0.4, -0.2) is 4.57 Å². The van der Waals surface area contributed by atoms with E-state index < -0.39 is 0 Å². The predicted molar refractivity (Wildman–Crippen MR) is 106 cm³/mol. The van der Waals surface area contributed by atoms with Crippen LogP contribution in [0.3, 0.4) is 0 Å². The summed E-state index contributed by atoms with van der Waals surface area (Å²) in [6.45, 7) is 0. The number of halogens is 1. The van der Waals surface area contributed by atoms with E-state index in [2.05, 4.69) is 68.1 Å². The van der Waals surface area contributed by atoms with E-state index in [0.29, 0.717) is 0 Å². The van der Waals surface area contributed by atoms with E-state index in [1.54, 1.807) is 11.3 Å². The Morgan fingerprint density at radius 3 is 2.44 bits per heavy atom. The lowest BCUT2D eigenvalue weighted by molar-refractivity contribution is -0.654. The molecule has 0 aliphatic carbocycles. The highest BCUT2D eigenvalue weighted by molar-refractivity contribution is 9.11. The van der Waals surface area contributed by atoms with E-state index >= 15 is 0 Å². The molecular weight excluding hydrogens is 396 g/mol. The highest BCUT2D eigenvalue weighted by Crippen LogP contribution is 2.40. The molecule has 0 saturated heterocycles. The summed E-state index contributed by atoms with van der Waals surface area (Å²) in [6, 6.07) is 18.6. The normalized spacial score (nSPS) is 11.6. The summed E-state index contributed by atoms with van der Waals surface area (Å²) in [6.07, 6.45) is 1.99. The van der Waals surface area contributed by atoms with Crippen LogP contribution in [0.5, 0.6) is 0 Å². The Labute approximate surface area is 158 Å². The molecule has 2 aromatic carbocycles. The van der Waals surface area contributed by atoms with Crippen LogP contribution in [0.2, 0.25) is 0 Å². The van der Waals surface area contributed by atoms with Crippen LogP contribution in [0.1, 0.15) is 0 Å². The second-order valence-corrected chi connectivity index (χ2v) is 8.16. The molecule has 4 rings (SSSR count). The lowest BCUT2D eigenvalue weighted by Crippen LogP contribution is -2.23. The quantitative estimate of drug-likeness (QED) is 0.296. The van der Waals surface area contributed by atoms with Crippen molar-refractivity contribution >= 4 is 49.0 Å². The van der Waals surface area contributed by atoms with Gasteiger partial charge in [0.2, 0.25) is 0 Å². The fourth-order valence-electron chi connectivity index (χ4n) is 2.98. The summed E-state index contributed by atoms with van der Waals surface area (Å²) in [5.74, 6) is 0. The van der Waals surface area contributed by atoms with Gasteiger partial charge in [0.1, 0.15) is 15.7 Å². The van der Waals surface area contributed by atoms with Gasteiger partial charge in [0.25, 0.3) is 0 Å². The molecule has 0 bridgehead atoms. The highest BCUT2D eigenvalue weighted by atomic mass is 79.9. The number of thiazole rings is 1. The zero-order valence-electron chi connectivity index (χ0n) is 13.8. The van der Waals surface area contributed by atoms with Gasteiger partial charge in [-0.2, -0.15) is 0 Å². The maximum Gasteiger partial charge on any atom is 0.409 e. The largest absolute Gasteiger partial charge is 0.409 e. The molecule has 2 aromatic heterocycles. The van der Waals surface area contributed by atoms with E-state index in [1.807, 2.05) is 42.1 Å². The number of hydrogen-bond acceptors (Lipinski definition) is 3. The van der Waals surface area contributed by atoms with Gasteiger partial charge in [0, 0.05) is 18.0 Å². The van der Waals surface area contributed by atoms with Gasteiger partial charge in [-0.15, -0.1) is 0 Å². The van der Waals surface area contributed by atoms with E-state index in [0.717, 1.165) is 36.8 Å². The molecule has 4 aromatic rings. The van der Waals surface area contributed by atoms with Crippen molar-refractivity contribution in [2.45, 2.75) is 0 Å². The molecule has 6 heteroatoms. The molecule has 0 atom stereocenters. The number of rotatable bonds is 3. The van der Waals surface area contributed by atoms with Crippen molar-refractivity contribution in [2.24, 2.45) is 24.3 Å². The van der Waals surface area contributed by atoms with Crippen molar-refractivity contribution in [3.63, 3.8) is 0 Å². The van der Waals surface area contributed by atoms with Gasteiger partial charge in [-0.3, -0.25) is 0 Å². The average Bonchev–Trinajstić information content (AvgIpc) is 3.10. The summed E-state index contributed by atoms with van der Waals surface area (Å²) in [7, 11) is 4.04. The van der Waals surface area contributed by atoms with Crippen molar-refractivity contribution in [2.75, 3.05) is 0 Å². The molecule has 0 saturated carbocycles. The second-order valence-electron chi connectivity index (χ2n) is 5.77. The molecular formula is C19H16BrN4S+. The summed E-state index contributed by atoms with van der Waals surface area (Å²) in [5.41, 5.74) is 4.25. The number of benzene rings is 2. The summed E-state index contributed by atoms with van der Waals surface area (Å²) < 4.78 is 5.18. The maximum atomic E-state index is 4.65. The Morgan fingerprint density at radius 2 is 1.72 bits per heavy atom. The molecule has 25 heavy (non-hydrogen) atoms. The first-order valence-corrected chi connectivity index (χ1v) is 9.45. The molecule has 0 fully saturated rings. The fraction of sp³-hybridized carbons (Fsp3) is 0.105. The number of aryl methyl sites for hydroxylation is 2. The SMILES string of the molecule is Cn1c(-c2ccccc2)c(N=Nc2sc(Br)c[n+]2C)c2ccccc21. The van der Waals surface area contributed by atoms with Crippen molar-refractivity contribution < 1.29 is 4.57 Å². The van der Waals surface area contributed by atoms with Crippen LogP contribution in [0.25, 0.3) is 22.2 Å². The average molecular weight is 412 g/mol. The zero-order chi connectivity index (χ0) is 17.4. The third-order valence-electron chi connectivity index (χ3n) is 4.15. The minimum atomic E-state index is 0.846. The lowest BCUT2D eigenvalue weighted by atomic mass is 10.1. The first kappa shape index (κ1) is 16.2. The third kappa shape index (κ3) is 2.92. The second kappa shape index (κ2) is 6.54. The highest BCUT2D eigenvalue weighted by Gasteiger charge is 2.19. The van der Waals surface area contributed by atoms with Crippen LogP contribution in [0, 0.1) is 0 Å². The first-order valence-electron chi connectivity index (χ1n) is 7.84.